The Morgan fingerprint density at radius 1 is 1.33 bits per heavy atom. The molecule has 0 atom stereocenters. The molecule has 1 N–H and O–H groups in total. The zero-order chi connectivity index (χ0) is 15.0. The van der Waals surface area contributed by atoms with E-state index in [9.17, 15) is 10.1 Å². The summed E-state index contributed by atoms with van der Waals surface area (Å²) < 4.78 is 4.99. The molecular weight excluding hydrogens is 272 g/mol. The lowest BCUT2D eigenvalue weighted by Gasteiger charge is -1.97. The number of benzene rings is 1. The lowest BCUT2D eigenvalue weighted by Crippen LogP contribution is -1.83. The molecule has 106 valence electrons. The monoisotopic (exact) mass is 284 g/mol. The molecule has 0 aliphatic rings. The van der Waals surface area contributed by atoms with Crippen molar-refractivity contribution < 1.29 is 9.34 Å². The summed E-state index contributed by atoms with van der Waals surface area (Å²) in [5.41, 5.74) is 4.06. The van der Waals surface area contributed by atoms with E-state index in [2.05, 4.69) is 15.0 Å². The van der Waals surface area contributed by atoms with Crippen LogP contribution < -0.4 is 0 Å². The average Bonchev–Trinajstić information content (AvgIpc) is 3.03. The minimum absolute atomic E-state index is 0.300. The standard InChI is InChI=1S/C14H12N4O3/c1-8-5-11-12(6-9(8)2)17-14(16-11)15-7-10-3-4-13(21-10)18(19)20/h3-7H,1-2H3,(H,16,17)/b15-7+. The van der Waals surface area contributed by atoms with Gasteiger partial charge < -0.3 is 9.40 Å². The van der Waals surface area contributed by atoms with Crippen molar-refractivity contribution in [2.75, 3.05) is 0 Å². The summed E-state index contributed by atoms with van der Waals surface area (Å²) in [6, 6.07) is 6.76. The molecule has 0 saturated carbocycles. The number of aryl methyl sites for hydroxylation is 2. The fourth-order valence-corrected chi connectivity index (χ4v) is 1.95. The first-order chi connectivity index (χ1) is 10.0. The van der Waals surface area contributed by atoms with Crippen molar-refractivity contribution in [2.24, 2.45) is 4.99 Å². The number of H-pyrrole nitrogens is 1. The van der Waals surface area contributed by atoms with Gasteiger partial charge in [-0.2, -0.15) is 0 Å². The molecule has 0 bridgehead atoms. The van der Waals surface area contributed by atoms with Crippen molar-refractivity contribution in [2.45, 2.75) is 13.8 Å². The number of nitro groups is 1. The number of imidazole rings is 1. The third-order valence-corrected chi connectivity index (χ3v) is 3.19. The Morgan fingerprint density at radius 3 is 2.81 bits per heavy atom. The summed E-state index contributed by atoms with van der Waals surface area (Å²) in [7, 11) is 0. The molecule has 0 aliphatic carbocycles. The van der Waals surface area contributed by atoms with E-state index in [0.29, 0.717) is 11.7 Å². The topological polar surface area (TPSA) is 97.3 Å². The van der Waals surface area contributed by atoms with Gasteiger partial charge in [-0.1, -0.05) is 0 Å². The number of furan rings is 1. The molecule has 0 fully saturated rings. The zero-order valence-corrected chi connectivity index (χ0v) is 11.5. The molecule has 0 spiro atoms. The van der Waals surface area contributed by atoms with E-state index in [1.807, 2.05) is 26.0 Å². The molecule has 0 unspecified atom stereocenters. The summed E-state index contributed by atoms with van der Waals surface area (Å²) in [6.07, 6.45) is 1.39. The van der Waals surface area contributed by atoms with Crippen LogP contribution in [0.3, 0.4) is 0 Å². The van der Waals surface area contributed by atoms with Crippen molar-refractivity contribution in [3.63, 3.8) is 0 Å². The summed E-state index contributed by atoms with van der Waals surface area (Å²) >= 11 is 0. The van der Waals surface area contributed by atoms with Crippen LogP contribution in [-0.4, -0.2) is 21.1 Å². The second kappa shape index (κ2) is 4.86. The molecule has 0 amide bonds. The number of aliphatic imine (C=N–C) groups is 1. The van der Waals surface area contributed by atoms with Gasteiger partial charge in [0, 0.05) is 0 Å². The zero-order valence-electron chi connectivity index (χ0n) is 11.5. The van der Waals surface area contributed by atoms with Crippen LogP contribution in [0.1, 0.15) is 16.9 Å². The maximum Gasteiger partial charge on any atom is 0.433 e. The molecule has 7 heteroatoms. The van der Waals surface area contributed by atoms with Crippen LogP contribution in [-0.2, 0) is 0 Å². The first-order valence-electron chi connectivity index (χ1n) is 6.28. The predicted molar refractivity (Wildman–Crippen MR) is 78.2 cm³/mol. The Hall–Kier alpha value is -2.96. The first-order valence-corrected chi connectivity index (χ1v) is 6.28. The van der Waals surface area contributed by atoms with Crippen LogP contribution >= 0.6 is 0 Å². The van der Waals surface area contributed by atoms with Crippen molar-refractivity contribution in [3.8, 4) is 0 Å². The van der Waals surface area contributed by atoms with Crippen molar-refractivity contribution >= 4 is 29.1 Å². The van der Waals surface area contributed by atoms with Gasteiger partial charge in [-0.15, -0.1) is 0 Å². The molecule has 2 aromatic heterocycles. The van der Waals surface area contributed by atoms with Gasteiger partial charge in [0.2, 0.25) is 5.95 Å². The Bertz CT molecular complexity index is 821. The van der Waals surface area contributed by atoms with E-state index in [1.54, 1.807) is 0 Å². The molecule has 1 aromatic carbocycles. The Labute approximate surface area is 119 Å². The highest BCUT2D eigenvalue weighted by atomic mass is 16.6. The second-order valence-corrected chi connectivity index (χ2v) is 4.71. The highest BCUT2D eigenvalue weighted by Crippen LogP contribution is 2.21. The minimum atomic E-state index is -0.593. The highest BCUT2D eigenvalue weighted by Gasteiger charge is 2.10. The largest absolute Gasteiger partial charge is 0.433 e. The van der Waals surface area contributed by atoms with Crippen molar-refractivity contribution in [1.82, 2.24) is 9.97 Å². The van der Waals surface area contributed by atoms with E-state index in [0.717, 1.165) is 16.6 Å². The van der Waals surface area contributed by atoms with E-state index in [4.69, 9.17) is 4.42 Å². The van der Waals surface area contributed by atoms with Crippen LogP contribution in [0.4, 0.5) is 11.8 Å². The van der Waals surface area contributed by atoms with Crippen LogP contribution in [0.15, 0.2) is 33.7 Å². The first kappa shape index (κ1) is 13.0. The molecule has 2 heterocycles. The molecule has 3 aromatic rings. The maximum absolute atomic E-state index is 10.5. The number of nitrogens with one attached hydrogen (secondary N) is 1. The van der Waals surface area contributed by atoms with Crippen LogP contribution in [0.25, 0.3) is 11.0 Å². The fraction of sp³-hybridized carbons (Fsp3) is 0.143. The number of aromatic amines is 1. The van der Waals surface area contributed by atoms with Gasteiger partial charge in [0.25, 0.3) is 0 Å². The van der Waals surface area contributed by atoms with Crippen LogP contribution in [0.5, 0.6) is 0 Å². The van der Waals surface area contributed by atoms with Gasteiger partial charge in [-0.3, -0.25) is 10.1 Å². The van der Waals surface area contributed by atoms with E-state index < -0.39 is 4.92 Å². The quantitative estimate of drug-likeness (QED) is 0.452. The average molecular weight is 284 g/mol. The Balaban J connectivity index is 1.90. The van der Waals surface area contributed by atoms with E-state index >= 15 is 0 Å². The molecule has 21 heavy (non-hydrogen) atoms. The normalized spacial score (nSPS) is 11.5. The molecular formula is C14H12N4O3. The summed E-state index contributed by atoms with van der Waals surface area (Å²) in [5.74, 6) is 0.413. The lowest BCUT2D eigenvalue weighted by molar-refractivity contribution is -0.402. The van der Waals surface area contributed by atoms with Gasteiger partial charge in [0.15, 0.2) is 5.76 Å². The summed E-state index contributed by atoms with van der Waals surface area (Å²) in [4.78, 5) is 21.5. The van der Waals surface area contributed by atoms with Crippen molar-refractivity contribution in [3.05, 3.63) is 51.3 Å². The van der Waals surface area contributed by atoms with Crippen LogP contribution in [0.2, 0.25) is 0 Å². The third kappa shape index (κ3) is 2.53. The number of hydrogen-bond donors (Lipinski definition) is 1. The van der Waals surface area contributed by atoms with Crippen molar-refractivity contribution in [1.29, 1.82) is 0 Å². The Kier molecular flexibility index (Phi) is 3.02. The predicted octanol–water partition coefficient (Wildman–Crippen LogP) is 3.43. The van der Waals surface area contributed by atoms with Gasteiger partial charge in [-0.05, 0) is 43.2 Å². The summed E-state index contributed by atoms with van der Waals surface area (Å²) in [5, 5.41) is 10.5. The van der Waals surface area contributed by atoms with Crippen LogP contribution in [0, 0.1) is 24.0 Å². The number of nitrogens with zero attached hydrogens (tertiary/aromatic N) is 3. The van der Waals surface area contributed by atoms with E-state index in [1.165, 1.54) is 23.9 Å². The highest BCUT2D eigenvalue weighted by molar-refractivity contribution is 5.82. The third-order valence-electron chi connectivity index (χ3n) is 3.19. The SMILES string of the molecule is Cc1cc2nc(/N=C/c3ccc([N+](=O)[O-])o3)[nH]c2cc1C. The molecule has 0 saturated heterocycles. The smallest absolute Gasteiger partial charge is 0.400 e. The molecule has 3 rings (SSSR count). The second-order valence-electron chi connectivity index (χ2n) is 4.71. The van der Waals surface area contributed by atoms with Gasteiger partial charge >= 0.3 is 5.88 Å². The maximum atomic E-state index is 10.5. The fourth-order valence-electron chi connectivity index (χ4n) is 1.95. The number of aromatic nitrogens is 2. The van der Waals surface area contributed by atoms with Gasteiger partial charge in [0.1, 0.15) is 4.92 Å². The summed E-state index contributed by atoms with van der Waals surface area (Å²) in [6.45, 7) is 4.05. The lowest BCUT2D eigenvalue weighted by atomic mass is 10.1. The number of fused-ring (bicyclic) bond motifs is 1. The number of rotatable bonds is 3. The van der Waals surface area contributed by atoms with Gasteiger partial charge in [-0.25, -0.2) is 9.98 Å². The molecule has 7 nitrogen and oxygen atoms in total. The number of hydrogen-bond acceptors (Lipinski definition) is 5. The van der Waals surface area contributed by atoms with Gasteiger partial charge in [0.05, 0.1) is 23.3 Å². The van der Waals surface area contributed by atoms with E-state index in [-0.39, 0.29) is 5.88 Å². The minimum Gasteiger partial charge on any atom is -0.400 e. The molecule has 0 radical (unpaired) electrons. The Morgan fingerprint density at radius 2 is 2.10 bits per heavy atom. The molecule has 0 aliphatic heterocycles.